The molecule has 0 spiro atoms. The van der Waals surface area contributed by atoms with Crippen LogP contribution in [0.25, 0.3) is 0 Å². The van der Waals surface area contributed by atoms with Crippen LogP contribution in [-0.4, -0.2) is 20.9 Å². The Morgan fingerprint density at radius 3 is 2.36 bits per heavy atom. The van der Waals surface area contributed by atoms with Gasteiger partial charge in [-0.05, 0) is 42.8 Å². The molecule has 0 heterocycles. The third-order valence-electron chi connectivity index (χ3n) is 3.03. The smallest absolute Gasteiger partial charge is 0.264 e. The predicted octanol–water partition coefficient (Wildman–Crippen LogP) is 1.59. The number of sulfonamides is 1. The number of hydrogen-bond acceptors (Lipinski definition) is 4. The summed E-state index contributed by atoms with van der Waals surface area (Å²) in [6.45, 7) is 0.879. The van der Waals surface area contributed by atoms with Gasteiger partial charge in [0.2, 0.25) is 0 Å². The van der Waals surface area contributed by atoms with Crippen molar-refractivity contribution in [2.75, 3.05) is 10.8 Å². The average molecular weight is 339 g/mol. The van der Waals surface area contributed by atoms with Gasteiger partial charge in [-0.25, -0.2) is 8.42 Å². The van der Waals surface area contributed by atoms with Crippen LogP contribution in [0.1, 0.15) is 5.56 Å². The van der Waals surface area contributed by atoms with Gasteiger partial charge >= 0.3 is 0 Å². The Hall–Kier alpha value is -2.05. The molecule has 22 heavy (non-hydrogen) atoms. The van der Waals surface area contributed by atoms with Crippen LogP contribution in [0.2, 0.25) is 5.02 Å². The Labute approximate surface area is 133 Å². The molecule has 116 valence electrons. The normalized spacial score (nSPS) is 11.2. The number of benzene rings is 2. The third-order valence-corrected chi connectivity index (χ3v) is 5.04. The zero-order chi connectivity index (χ0) is 16.3. The van der Waals surface area contributed by atoms with Gasteiger partial charge in [-0.2, -0.15) is 0 Å². The van der Waals surface area contributed by atoms with Gasteiger partial charge in [0.15, 0.2) is 0 Å². The number of halogens is 1. The second-order valence-corrected chi connectivity index (χ2v) is 6.93. The number of carboxylic acid groups (broad SMARTS) is 1. The second-order valence-electron chi connectivity index (χ2n) is 4.63. The topological polar surface area (TPSA) is 77.5 Å². The molecule has 7 heteroatoms. The highest BCUT2D eigenvalue weighted by Crippen LogP contribution is 2.28. The van der Waals surface area contributed by atoms with E-state index < -0.39 is 22.5 Å². The minimum Gasteiger partial charge on any atom is -0.548 e. The number of hydrogen-bond donors (Lipinski definition) is 0. The summed E-state index contributed by atoms with van der Waals surface area (Å²) in [5.41, 5.74) is 0.797. The third kappa shape index (κ3) is 3.40. The van der Waals surface area contributed by atoms with E-state index in [1.807, 2.05) is 0 Å². The molecule has 0 radical (unpaired) electrons. The van der Waals surface area contributed by atoms with Gasteiger partial charge in [0, 0.05) is 5.02 Å². The summed E-state index contributed by atoms with van der Waals surface area (Å²) in [5.74, 6) is -1.49. The van der Waals surface area contributed by atoms with Crippen molar-refractivity contribution in [3.8, 4) is 0 Å². The molecule has 2 aromatic carbocycles. The molecule has 0 unspecified atom stereocenters. The van der Waals surface area contributed by atoms with Crippen molar-refractivity contribution < 1.29 is 18.3 Å². The molecule has 0 aromatic heterocycles. The Kier molecular flexibility index (Phi) is 4.73. The quantitative estimate of drug-likeness (QED) is 0.829. The first kappa shape index (κ1) is 16.3. The van der Waals surface area contributed by atoms with Crippen molar-refractivity contribution in [2.45, 2.75) is 11.8 Å². The van der Waals surface area contributed by atoms with E-state index in [2.05, 4.69) is 0 Å². The maximum atomic E-state index is 12.7. The molecule has 0 aliphatic rings. The van der Waals surface area contributed by atoms with E-state index in [1.54, 1.807) is 31.2 Å². The molecule has 0 bridgehead atoms. The molecule has 0 atom stereocenters. The van der Waals surface area contributed by atoms with Crippen LogP contribution in [0.5, 0.6) is 0 Å². The Balaban J connectivity index is 2.58. The minimum absolute atomic E-state index is 0.00519. The number of carbonyl (C=O) groups excluding carboxylic acids is 1. The molecule has 0 amide bonds. The van der Waals surface area contributed by atoms with E-state index >= 15 is 0 Å². The van der Waals surface area contributed by atoms with Crippen molar-refractivity contribution in [2.24, 2.45) is 0 Å². The molecule has 2 aromatic rings. The lowest BCUT2D eigenvalue weighted by Crippen LogP contribution is -2.42. The van der Waals surface area contributed by atoms with E-state index in [1.165, 1.54) is 24.3 Å². The number of anilines is 1. The average Bonchev–Trinajstić information content (AvgIpc) is 2.46. The standard InChI is InChI=1S/C15H14ClNO4S/c1-11-9-12(16)7-8-14(11)17(10-15(18)19)22(20,21)13-5-3-2-4-6-13/h2-9H,10H2,1H3,(H,18,19)/p-1. The SMILES string of the molecule is Cc1cc(Cl)ccc1N(CC(=O)[O-])S(=O)(=O)c1ccccc1. The highest BCUT2D eigenvalue weighted by atomic mass is 35.5. The number of rotatable bonds is 5. The van der Waals surface area contributed by atoms with Crippen LogP contribution in [-0.2, 0) is 14.8 Å². The van der Waals surface area contributed by atoms with Crippen LogP contribution in [0.15, 0.2) is 53.4 Å². The fourth-order valence-corrected chi connectivity index (χ4v) is 3.76. The Morgan fingerprint density at radius 2 is 1.82 bits per heavy atom. The van der Waals surface area contributed by atoms with Crippen molar-refractivity contribution in [3.05, 3.63) is 59.1 Å². The van der Waals surface area contributed by atoms with Gasteiger partial charge in [0.05, 0.1) is 23.1 Å². The maximum Gasteiger partial charge on any atom is 0.264 e. The van der Waals surface area contributed by atoms with E-state index in [0.717, 1.165) is 4.31 Å². The zero-order valence-corrected chi connectivity index (χ0v) is 13.3. The number of carbonyl (C=O) groups is 1. The molecule has 0 fully saturated rings. The van der Waals surface area contributed by atoms with Crippen LogP contribution in [0.4, 0.5) is 5.69 Å². The number of aliphatic carboxylic acids is 1. The second kappa shape index (κ2) is 6.37. The van der Waals surface area contributed by atoms with Crippen LogP contribution >= 0.6 is 11.6 Å². The number of carboxylic acids is 1. The maximum absolute atomic E-state index is 12.7. The molecule has 0 aliphatic carbocycles. The van der Waals surface area contributed by atoms with Gasteiger partial charge < -0.3 is 9.90 Å². The lowest BCUT2D eigenvalue weighted by Gasteiger charge is -2.26. The molecular formula is C15H13ClNO4S-. The first-order valence-corrected chi connectivity index (χ1v) is 8.18. The van der Waals surface area contributed by atoms with Crippen molar-refractivity contribution in [1.29, 1.82) is 0 Å². The summed E-state index contributed by atoms with van der Waals surface area (Å²) in [4.78, 5) is 11.0. The number of aryl methyl sites for hydroxylation is 1. The summed E-state index contributed by atoms with van der Waals surface area (Å²) in [5, 5.41) is 11.4. The van der Waals surface area contributed by atoms with E-state index in [4.69, 9.17) is 11.6 Å². The lowest BCUT2D eigenvalue weighted by atomic mass is 10.2. The van der Waals surface area contributed by atoms with Crippen molar-refractivity contribution in [1.82, 2.24) is 0 Å². The Bertz CT molecular complexity index is 790. The molecule has 0 saturated carbocycles. The van der Waals surface area contributed by atoms with Gasteiger partial charge in [-0.3, -0.25) is 4.31 Å². The lowest BCUT2D eigenvalue weighted by molar-refractivity contribution is -0.303. The monoisotopic (exact) mass is 338 g/mol. The van der Waals surface area contributed by atoms with Gasteiger partial charge in [0.25, 0.3) is 10.0 Å². The van der Waals surface area contributed by atoms with Crippen molar-refractivity contribution in [3.63, 3.8) is 0 Å². The van der Waals surface area contributed by atoms with E-state index in [0.29, 0.717) is 10.6 Å². The summed E-state index contributed by atoms with van der Waals surface area (Å²) in [6.07, 6.45) is 0. The summed E-state index contributed by atoms with van der Waals surface area (Å²) in [7, 11) is -4.02. The summed E-state index contributed by atoms with van der Waals surface area (Å²) in [6, 6.07) is 12.2. The van der Waals surface area contributed by atoms with Crippen LogP contribution in [0, 0.1) is 6.92 Å². The fraction of sp³-hybridized carbons (Fsp3) is 0.133. The largest absolute Gasteiger partial charge is 0.548 e. The fourth-order valence-electron chi connectivity index (χ4n) is 2.04. The van der Waals surface area contributed by atoms with Crippen LogP contribution in [0.3, 0.4) is 0 Å². The first-order chi connectivity index (χ1) is 10.3. The highest BCUT2D eigenvalue weighted by Gasteiger charge is 2.26. The first-order valence-electron chi connectivity index (χ1n) is 6.36. The Morgan fingerprint density at radius 1 is 1.18 bits per heavy atom. The highest BCUT2D eigenvalue weighted by molar-refractivity contribution is 7.92. The molecule has 0 N–H and O–H groups in total. The van der Waals surface area contributed by atoms with Gasteiger partial charge in [0.1, 0.15) is 0 Å². The van der Waals surface area contributed by atoms with E-state index in [-0.39, 0.29) is 10.6 Å². The zero-order valence-electron chi connectivity index (χ0n) is 11.7. The molecule has 5 nitrogen and oxygen atoms in total. The van der Waals surface area contributed by atoms with Crippen LogP contribution < -0.4 is 9.41 Å². The van der Waals surface area contributed by atoms with E-state index in [9.17, 15) is 18.3 Å². The summed E-state index contributed by atoms with van der Waals surface area (Å²) >= 11 is 5.86. The molecule has 2 rings (SSSR count). The van der Waals surface area contributed by atoms with Gasteiger partial charge in [-0.1, -0.05) is 29.8 Å². The van der Waals surface area contributed by atoms with Gasteiger partial charge in [-0.15, -0.1) is 0 Å². The number of nitrogens with zero attached hydrogens (tertiary/aromatic N) is 1. The minimum atomic E-state index is -4.02. The molecule has 0 aliphatic heterocycles. The molecular weight excluding hydrogens is 326 g/mol. The van der Waals surface area contributed by atoms with Crippen molar-refractivity contribution >= 4 is 33.3 Å². The predicted molar refractivity (Wildman–Crippen MR) is 82.2 cm³/mol. The molecule has 0 saturated heterocycles. The summed E-state index contributed by atoms with van der Waals surface area (Å²) < 4.78 is 26.2.